The summed E-state index contributed by atoms with van der Waals surface area (Å²) in [6.45, 7) is -0.254. The van der Waals surface area contributed by atoms with Crippen LogP contribution in [0.3, 0.4) is 0 Å². The van der Waals surface area contributed by atoms with Crippen LogP contribution in [0.25, 0.3) is 0 Å². The molecule has 31 heavy (non-hydrogen) atoms. The Morgan fingerprint density at radius 2 is 1.58 bits per heavy atom. The average Bonchev–Trinajstić information content (AvgIpc) is 2.82. The first-order chi connectivity index (χ1) is 15.1. The van der Waals surface area contributed by atoms with Crippen LogP contribution in [-0.4, -0.2) is 32.7 Å². The van der Waals surface area contributed by atoms with Crippen LogP contribution >= 0.6 is 0 Å². The van der Waals surface area contributed by atoms with Crippen LogP contribution in [0.4, 0.5) is 5.69 Å². The van der Waals surface area contributed by atoms with Crippen molar-refractivity contribution < 1.29 is 28.5 Å². The monoisotopic (exact) mass is 421 g/mol. The number of benzene rings is 3. The molecular weight excluding hydrogens is 398 g/mol. The van der Waals surface area contributed by atoms with E-state index in [0.29, 0.717) is 34.1 Å². The van der Waals surface area contributed by atoms with Gasteiger partial charge in [-0.15, -0.1) is 0 Å². The topological polar surface area (TPSA) is 83.1 Å². The molecule has 3 rings (SSSR count). The van der Waals surface area contributed by atoms with Crippen LogP contribution in [0, 0.1) is 0 Å². The molecule has 0 saturated heterocycles. The number of hydrogen-bond donors (Lipinski definition) is 1. The number of carbonyl (C=O) groups is 2. The zero-order valence-electron chi connectivity index (χ0n) is 17.3. The Morgan fingerprint density at radius 1 is 0.839 bits per heavy atom. The first kappa shape index (κ1) is 21.7. The van der Waals surface area contributed by atoms with E-state index in [0.717, 1.165) is 0 Å². The second-order valence-electron chi connectivity index (χ2n) is 6.45. The minimum Gasteiger partial charge on any atom is -0.497 e. The lowest BCUT2D eigenvalue weighted by Crippen LogP contribution is -2.22. The fourth-order valence-corrected chi connectivity index (χ4v) is 2.83. The highest BCUT2D eigenvalue weighted by atomic mass is 16.5. The fourth-order valence-electron chi connectivity index (χ4n) is 2.83. The summed E-state index contributed by atoms with van der Waals surface area (Å²) in [5.74, 6) is 0.597. The van der Waals surface area contributed by atoms with E-state index in [2.05, 4.69) is 5.32 Å². The Labute approximate surface area is 180 Å². The number of nitrogens with one attached hydrogen (secondary N) is 1. The number of rotatable bonds is 9. The molecule has 0 fully saturated rings. The van der Waals surface area contributed by atoms with E-state index in [1.165, 1.54) is 14.2 Å². The summed E-state index contributed by atoms with van der Waals surface area (Å²) < 4.78 is 21.3. The highest BCUT2D eigenvalue weighted by Crippen LogP contribution is 2.28. The molecule has 0 aliphatic heterocycles. The standard InChI is InChI=1S/C24H23NO6/c1-28-19-12-13-22(29-2)21(14-19)25-23(26)16-31-24(27)20-11-7-6-8-17(20)15-30-18-9-4-3-5-10-18/h3-14H,15-16H2,1-2H3,(H,25,26). The maximum atomic E-state index is 12.6. The van der Waals surface area contributed by atoms with E-state index in [4.69, 9.17) is 18.9 Å². The summed E-state index contributed by atoms with van der Waals surface area (Å²) >= 11 is 0. The number of esters is 1. The molecule has 0 aliphatic rings. The minimum atomic E-state index is -0.611. The molecule has 0 spiro atoms. The van der Waals surface area contributed by atoms with Gasteiger partial charge in [-0.05, 0) is 30.3 Å². The third-order valence-corrected chi connectivity index (χ3v) is 4.39. The number of hydrogen-bond acceptors (Lipinski definition) is 6. The summed E-state index contributed by atoms with van der Waals surface area (Å²) in [5.41, 5.74) is 1.41. The Hall–Kier alpha value is -4.00. The second kappa shape index (κ2) is 10.7. The highest BCUT2D eigenvalue weighted by molar-refractivity contribution is 5.97. The van der Waals surface area contributed by atoms with Crippen molar-refractivity contribution in [1.82, 2.24) is 0 Å². The number of carbonyl (C=O) groups excluding carboxylic acids is 2. The molecule has 0 heterocycles. The van der Waals surface area contributed by atoms with Gasteiger partial charge in [-0.1, -0.05) is 36.4 Å². The van der Waals surface area contributed by atoms with E-state index in [1.807, 2.05) is 36.4 Å². The molecule has 7 nitrogen and oxygen atoms in total. The average molecular weight is 421 g/mol. The third kappa shape index (κ3) is 5.99. The fraction of sp³-hybridized carbons (Fsp3) is 0.167. The van der Waals surface area contributed by atoms with Gasteiger partial charge in [0.25, 0.3) is 5.91 Å². The maximum Gasteiger partial charge on any atom is 0.339 e. The predicted octanol–water partition coefficient (Wildman–Crippen LogP) is 4.08. The smallest absolute Gasteiger partial charge is 0.339 e. The van der Waals surface area contributed by atoms with E-state index >= 15 is 0 Å². The van der Waals surface area contributed by atoms with Crippen molar-refractivity contribution in [2.75, 3.05) is 26.1 Å². The molecule has 160 valence electrons. The highest BCUT2D eigenvalue weighted by Gasteiger charge is 2.16. The van der Waals surface area contributed by atoms with Crippen molar-refractivity contribution in [2.45, 2.75) is 6.61 Å². The molecule has 0 saturated carbocycles. The molecule has 0 aliphatic carbocycles. The Balaban J connectivity index is 1.60. The van der Waals surface area contributed by atoms with Gasteiger partial charge in [0, 0.05) is 11.6 Å². The molecule has 0 bridgehead atoms. The number of para-hydroxylation sites is 1. The molecule has 0 radical (unpaired) electrons. The first-order valence-corrected chi connectivity index (χ1v) is 9.55. The number of amides is 1. The summed E-state index contributed by atoms with van der Waals surface area (Å²) in [5, 5.41) is 2.66. The van der Waals surface area contributed by atoms with Gasteiger partial charge in [-0.2, -0.15) is 0 Å². The van der Waals surface area contributed by atoms with Gasteiger partial charge in [0.2, 0.25) is 0 Å². The van der Waals surface area contributed by atoms with Crippen LogP contribution < -0.4 is 19.5 Å². The number of anilines is 1. The molecule has 0 atom stereocenters. The maximum absolute atomic E-state index is 12.6. The summed E-state index contributed by atoms with van der Waals surface area (Å²) in [4.78, 5) is 24.9. The van der Waals surface area contributed by atoms with Gasteiger partial charge in [0.1, 0.15) is 23.9 Å². The lowest BCUT2D eigenvalue weighted by molar-refractivity contribution is -0.119. The van der Waals surface area contributed by atoms with Gasteiger partial charge in [-0.25, -0.2) is 4.79 Å². The quantitative estimate of drug-likeness (QED) is 0.524. The molecular formula is C24H23NO6. The number of ether oxygens (including phenoxy) is 4. The largest absolute Gasteiger partial charge is 0.497 e. The molecule has 0 aromatic heterocycles. The molecule has 3 aromatic rings. The third-order valence-electron chi connectivity index (χ3n) is 4.39. The minimum absolute atomic E-state index is 0.197. The van der Waals surface area contributed by atoms with E-state index in [9.17, 15) is 9.59 Å². The van der Waals surface area contributed by atoms with Gasteiger partial charge in [0.05, 0.1) is 25.5 Å². The SMILES string of the molecule is COc1ccc(OC)c(NC(=O)COC(=O)c2ccccc2COc2ccccc2)c1. The Kier molecular flexibility index (Phi) is 7.48. The predicted molar refractivity (Wildman–Crippen MR) is 116 cm³/mol. The normalized spacial score (nSPS) is 10.1. The number of methoxy groups -OCH3 is 2. The zero-order chi connectivity index (χ0) is 22.1. The van der Waals surface area contributed by atoms with E-state index in [-0.39, 0.29) is 6.61 Å². The van der Waals surface area contributed by atoms with Crippen LogP contribution in [0.15, 0.2) is 72.8 Å². The van der Waals surface area contributed by atoms with Crippen molar-refractivity contribution in [3.05, 3.63) is 83.9 Å². The molecule has 1 N–H and O–H groups in total. The summed E-state index contributed by atoms with van der Waals surface area (Å²) in [6.07, 6.45) is 0. The van der Waals surface area contributed by atoms with Crippen molar-refractivity contribution in [1.29, 1.82) is 0 Å². The van der Waals surface area contributed by atoms with Gasteiger partial charge in [0.15, 0.2) is 6.61 Å². The van der Waals surface area contributed by atoms with Crippen LogP contribution in [0.5, 0.6) is 17.2 Å². The summed E-state index contributed by atoms with van der Waals surface area (Å²) in [7, 11) is 3.01. The first-order valence-electron chi connectivity index (χ1n) is 9.55. The van der Waals surface area contributed by atoms with Crippen LogP contribution in [0.2, 0.25) is 0 Å². The van der Waals surface area contributed by atoms with Crippen molar-refractivity contribution in [2.24, 2.45) is 0 Å². The molecule has 1 amide bonds. The van der Waals surface area contributed by atoms with Crippen molar-refractivity contribution in [3.63, 3.8) is 0 Å². The molecule has 7 heteroatoms. The van der Waals surface area contributed by atoms with Crippen molar-refractivity contribution >= 4 is 17.6 Å². The lowest BCUT2D eigenvalue weighted by Gasteiger charge is -2.13. The van der Waals surface area contributed by atoms with Gasteiger partial charge in [-0.3, -0.25) is 4.79 Å². The van der Waals surface area contributed by atoms with Gasteiger partial charge < -0.3 is 24.3 Å². The van der Waals surface area contributed by atoms with Crippen molar-refractivity contribution in [3.8, 4) is 17.2 Å². The van der Waals surface area contributed by atoms with Gasteiger partial charge >= 0.3 is 5.97 Å². The molecule has 3 aromatic carbocycles. The lowest BCUT2D eigenvalue weighted by atomic mass is 10.1. The molecule has 0 unspecified atom stereocenters. The second-order valence-corrected chi connectivity index (χ2v) is 6.45. The van der Waals surface area contributed by atoms with E-state index < -0.39 is 18.5 Å². The Bertz CT molecular complexity index is 1040. The summed E-state index contributed by atoms with van der Waals surface area (Å²) in [6, 6.07) is 21.2. The Morgan fingerprint density at radius 3 is 2.32 bits per heavy atom. The van der Waals surface area contributed by atoms with Crippen LogP contribution in [0.1, 0.15) is 15.9 Å². The van der Waals surface area contributed by atoms with Crippen LogP contribution in [-0.2, 0) is 16.1 Å². The van der Waals surface area contributed by atoms with E-state index in [1.54, 1.807) is 36.4 Å². The zero-order valence-corrected chi connectivity index (χ0v) is 17.3.